The van der Waals surface area contributed by atoms with Crippen molar-refractivity contribution in [3.63, 3.8) is 0 Å². The summed E-state index contributed by atoms with van der Waals surface area (Å²) in [5.41, 5.74) is 0. The third-order valence-corrected chi connectivity index (χ3v) is 3.41. The van der Waals surface area contributed by atoms with E-state index in [4.69, 9.17) is 4.74 Å². The number of ether oxygens (including phenoxy) is 1. The Labute approximate surface area is 86.8 Å². The van der Waals surface area contributed by atoms with Crippen molar-refractivity contribution >= 4 is 0 Å². The highest BCUT2D eigenvalue weighted by Crippen LogP contribution is 2.22. The average molecular weight is 198 g/mol. The monoisotopic (exact) mass is 198 g/mol. The summed E-state index contributed by atoms with van der Waals surface area (Å²) >= 11 is 0. The van der Waals surface area contributed by atoms with Gasteiger partial charge in [0.25, 0.3) is 0 Å². The molecule has 82 valence electrons. The van der Waals surface area contributed by atoms with Crippen molar-refractivity contribution in [2.75, 3.05) is 19.7 Å². The fourth-order valence-electron chi connectivity index (χ4n) is 2.64. The molecule has 2 saturated heterocycles. The molecule has 0 aromatic rings. The van der Waals surface area contributed by atoms with Gasteiger partial charge in [-0.1, -0.05) is 6.92 Å². The molecule has 0 amide bonds. The Hall–Kier alpha value is -0.120. The van der Waals surface area contributed by atoms with E-state index in [2.05, 4.69) is 24.1 Å². The van der Waals surface area contributed by atoms with Crippen molar-refractivity contribution in [2.45, 2.75) is 51.4 Å². The Morgan fingerprint density at radius 1 is 1.50 bits per heavy atom. The molecule has 0 radical (unpaired) electrons. The lowest BCUT2D eigenvalue weighted by Gasteiger charge is -2.25. The average Bonchev–Trinajstić information content (AvgIpc) is 2.76. The van der Waals surface area contributed by atoms with Crippen LogP contribution in [-0.2, 0) is 4.74 Å². The van der Waals surface area contributed by atoms with Gasteiger partial charge in [-0.15, -0.1) is 0 Å². The number of likely N-dealkylation sites (tertiary alicyclic amines) is 1. The zero-order valence-electron chi connectivity index (χ0n) is 9.33. The lowest BCUT2D eigenvalue weighted by molar-refractivity contribution is 0.0700. The van der Waals surface area contributed by atoms with Gasteiger partial charge >= 0.3 is 0 Å². The molecular weight excluding hydrogens is 176 g/mol. The van der Waals surface area contributed by atoms with E-state index in [9.17, 15) is 0 Å². The van der Waals surface area contributed by atoms with E-state index in [0.717, 1.165) is 19.1 Å². The van der Waals surface area contributed by atoms with Gasteiger partial charge in [0.15, 0.2) is 0 Å². The minimum Gasteiger partial charge on any atom is -0.362 e. The Morgan fingerprint density at radius 3 is 3.00 bits per heavy atom. The molecule has 3 atom stereocenters. The van der Waals surface area contributed by atoms with Crippen LogP contribution in [0, 0.1) is 0 Å². The third kappa shape index (κ3) is 2.27. The number of rotatable bonds is 3. The summed E-state index contributed by atoms with van der Waals surface area (Å²) in [5.74, 6) is 0. The van der Waals surface area contributed by atoms with Gasteiger partial charge in [0.05, 0.1) is 6.61 Å². The first-order valence-corrected chi connectivity index (χ1v) is 5.91. The van der Waals surface area contributed by atoms with Gasteiger partial charge in [0.1, 0.15) is 6.23 Å². The molecule has 3 nitrogen and oxygen atoms in total. The number of nitrogens with zero attached hydrogens (tertiary/aromatic N) is 1. The zero-order chi connectivity index (χ0) is 9.97. The molecule has 0 spiro atoms. The Kier molecular flexibility index (Phi) is 3.42. The molecule has 0 aliphatic carbocycles. The van der Waals surface area contributed by atoms with Crippen molar-refractivity contribution in [3.8, 4) is 0 Å². The maximum atomic E-state index is 5.68. The number of hydrogen-bond donors (Lipinski definition) is 1. The maximum Gasteiger partial charge on any atom is 0.109 e. The van der Waals surface area contributed by atoms with Crippen LogP contribution in [0.1, 0.15) is 33.1 Å². The van der Waals surface area contributed by atoms with E-state index in [1.165, 1.54) is 25.9 Å². The van der Waals surface area contributed by atoms with Crippen LogP contribution in [0.2, 0.25) is 0 Å². The fraction of sp³-hybridized carbons (Fsp3) is 1.00. The molecule has 14 heavy (non-hydrogen) atoms. The molecule has 0 aromatic heterocycles. The highest BCUT2D eigenvalue weighted by atomic mass is 16.5. The highest BCUT2D eigenvalue weighted by Gasteiger charge is 2.29. The summed E-state index contributed by atoms with van der Waals surface area (Å²) in [6.07, 6.45) is 4.19. The van der Waals surface area contributed by atoms with Gasteiger partial charge in [0, 0.05) is 18.5 Å². The first-order chi connectivity index (χ1) is 6.79. The predicted molar refractivity (Wildman–Crippen MR) is 57.2 cm³/mol. The summed E-state index contributed by atoms with van der Waals surface area (Å²) < 4.78 is 5.68. The molecular formula is C11H22N2O. The second kappa shape index (κ2) is 4.60. The van der Waals surface area contributed by atoms with E-state index >= 15 is 0 Å². The van der Waals surface area contributed by atoms with Crippen LogP contribution in [-0.4, -0.2) is 42.9 Å². The molecule has 2 rings (SSSR count). The molecule has 3 unspecified atom stereocenters. The standard InChI is InChI=1S/C11H22N2O/c1-3-13-6-4-5-10(13)7-11-12-9(2)8-14-11/h9-12H,3-8H2,1-2H3. The molecule has 2 aliphatic heterocycles. The van der Waals surface area contributed by atoms with Crippen LogP contribution in [0.5, 0.6) is 0 Å². The number of hydrogen-bond acceptors (Lipinski definition) is 3. The smallest absolute Gasteiger partial charge is 0.109 e. The minimum atomic E-state index is 0.308. The van der Waals surface area contributed by atoms with E-state index in [1.54, 1.807) is 0 Å². The second-order valence-corrected chi connectivity index (χ2v) is 4.55. The molecule has 0 saturated carbocycles. The molecule has 2 aliphatic rings. The van der Waals surface area contributed by atoms with Crippen molar-refractivity contribution in [2.24, 2.45) is 0 Å². The van der Waals surface area contributed by atoms with Gasteiger partial charge < -0.3 is 9.64 Å². The predicted octanol–water partition coefficient (Wildman–Crippen LogP) is 1.20. The fourth-order valence-corrected chi connectivity index (χ4v) is 2.64. The quantitative estimate of drug-likeness (QED) is 0.737. The van der Waals surface area contributed by atoms with Gasteiger partial charge in [0.2, 0.25) is 0 Å². The van der Waals surface area contributed by atoms with E-state index in [1.807, 2.05) is 0 Å². The third-order valence-electron chi connectivity index (χ3n) is 3.41. The van der Waals surface area contributed by atoms with Crippen molar-refractivity contribution < 1.29 is 4.74 Å². The van der Waals surface area contributed by atoms with Crippen LogP contribution in [0.25, 0.3) is 0 Å². The van der Waals surface area contributed by atoms with Crippen LogP contribution in [0.4, 0.5) is 0 Å². The van der Waals surface area contributed by atoms with E-state index in [-0.39, 0.29) is 0 Å². The summed E-state index contributed by atoms with van der Waals surface area (Å²) in [7, 11) is 0. The van der Waals surface area contributed by atoms with Crippen LogP contribution in [0.3, 0.4) is 0 Å². The zero-order valence-corrected chi connectivity index (χ0v) is 9.33. The molecule has 2 fully saturated rings. The maximum absolute atomic E-state index is 5.68. The Balaban J connectivity index is 1.79. The summed E-state index contributed by atoms with van der Waals surface area (Å²) in [4.78, 5) is 2.58. The lowest BCUT2D eigenvalue weighted by atomic mass is 10.1. The first-order valence-electron chi connectivity index (χ1n) is 5.91. The first kappa shape index (κ1) is 10.4. The van der Waals surface area contributed by atoms with Crippen LogP contribution < -0.4 is 5.32 Å². The Morgan fingerprint density at radius 2 is 2.36 bits per heavy atom. The topological polar surface area (TPSA) is 24.5 Å². The van der Waals surface area contributed by atoms with Gasteiger partial charge in [-0.3, -0.25) is 5.32 Å². The molecule has 2 heterocycles. The lowest BCUT2D eigenvalue weighted by Crippen LogP contribution is -2.37. The van der Waals surface area contributed by atoms with Crippen molar-refractivity contribution in [3.05, 3.63) is 0 Å². The summed E-state index contributed by atoms with van der Waals surface area (Å²) in [6, 6.07) is 1.29. The largest absolute Gasteiger partial charge is 0.362 e. The van der Waals surface area contributed by atoms with Crippen LogP contribution >= 0.6 is 0 Å². The SMILES string of the molecule is CCN1CCCC1CC1NC(C)CO1. The van der Waals surface area contributed by atoms with Crippen LogP contribution in [0.15, 0.2) is 0 Å². The van der Waals surface area contributed by atoms with Crippen molar-refractivity contribution in [1.29, 1.82) is 0 Å². The molecule has 1 N–H and O–H groups in total. The van der Waals surface area contributed by atoms with E-state index < -0.39 is 0 Å². The molecule has 0 bridgehead atoms. The van der Waals surface area contributed by atoms with Crippen molar-refractivity contribution in [1.82, 2.24) is 10.2 Å². The van der Waals surface area contributed by atoms with Gasteiger partial charge in [-0.05, 0) is 32.9 Å². The Bertz CT molecular complexity index is 186. The molecule has 3 heteroatoms. The highest BCUT2D eigenvalue weighted by molar-refractivity contribution is 4.83. The van der Waals surface area contributed by atoms with E-state index in [0.29, 0.717) is 12.3 Å². The van der Waals surface area contributed by atoms with Gasteiger partial charge in [-0.25, -0.2) is 0 Å². The van der Waals surface area contributed by atoms with Gasteiger partial charge in [-0.2, -0.15) is 0 Å². The number of nitrogens with one attached hydrogen (secondary N) is 1. The summed E-state index contributed by atoms with van der Waals surface area (Å²) in [5, 5.41) is 3.48. The molecule has 0 aromatic carbocycles. The minimum absolute atomic E-state index is 0.308. The summed E-state index contributed by atoms with van der Waals surface area (Å²) in [6.45, 7) is 7.79. The second-order valence-electron chi connectivity index (χ2n) is 4.55. The normalized spacial score (nSPS) is 39.4.